The standard InChI is InChI=1S/C9H16O3S/c1-8(2,3)7(12)13-9(4,5)6(10)11/h1-5H3,(H,10,11). The minimum atomic E-state index is -1.04. The Labute approximate surface area is 82.9 Å². The summed E-state index contributed by atoms with van der Waals surface area (Å²) in [5.74, 6) is -0.963. The minimum absolute atomic E-state index is 0.0973. The maximum Gasteiger partial charge on any atom is 0.319 e. The predicted molar refractivity (Wildman–Crippen MR) is 53.8 cm³/mol. The van der Waals surface area contributed by atoms with Crippen LogP contribution in [0.15, 0.2) is 0 Å². The van der Waals surface area contributed by atoms with Crippen molar-refractivity contribution in [2.45, 2.75) is 39.4 Å². The molecule has 0 aromatic rings. The number of carboxylic acids is 1. The molecule has 3 nitrogen and oxygen atoms in total. The summed E-state index contributed by atoms with van der Waals surface area (Å²) in [6.07, 6.45) is 0. The van der Waals surface area contributed by atoms with Crippen molar-refractivity contribution in [2.75, 3.05) is 0 Å². The molecule has 0 amide bonds. The Morgan fingerprint density at radius 2 is 1.46 bits per heavy atom. The van der Waals surface area contributed by atoms with E-state index in [-0.39, 0.29) is 5.12 Å². The molecule has 0 bridgehead atoms. The highest BCUT2D eigenvalue weighted by molar-refractivity contribution is 8.15. The van der Waals surface area contributed by atoms with E-state index in [0.717, 1.165) is 11.8 Å². The Hall–Kier alpha value is -0.510. The van der Waals surface area contributed by atoms with Crippen molar-refractivity contribution in [3.63, 3.8) is 0 Å². The van der Waals surface area contributed by atoms with Gasteiger partial charge < -0.3 is 5.11 Å². The van der Waals surface area contributed by atoms with E-state index in [1.807, 2.05) is 0 Å². The van der Waals surface area contributed by atoms with Crippen LogP contribution in [0.5, 0.6) is 0 Å². The van der Waals surface area contributed by atoms with Crippen LogP contribution in [0.1, 0.15) is 34.6 Å². The van der Waals surface area contributed by atoms with Crippen molar-refractivity contribution >= 4 is 22.8 Å². The summed E-state index contributed by atoms with van der Waals surface area (Å²) in [7, 11) is 0. The van der Waals surface area contributed by atoms with Crippen molar-refractivity contribution < 1.29 is 14.7 Å². The Morgan fingerprint density at radius 1 is 1.08 bits per heavy atom. The number of carbonyl (C=O) groups is 2. The lowest BCUT2D eigenvalue weighted by Gasteiger charge is -2.23. The van der Waals surface area contributed by atoms with Gasteiger partial charge in [-0.2, -0.15) is 0 Å². The summed E-state index contributed by atoms with van der Waals surface area (Å²) in [4.78, 5) is 22.2. The summed E-state index contributed by atoms with van der Waals surface area (Å²) in [6.45, 7) is 8.40. The monoisotopic (exact) mass is 204 g/mol. The van der Waals surface area contributed by atoms with Crippen LogP contribution >= 0.6 is 11.8 Å². The van der Waals surface area contributed by atoms with Crippen LogP contribution in [0.4, 0.5) is 0 Å². The van der Waals surface area contributed by atoms with Crippen LogP contribution in [0.25, 0.3) is 0 Å². The number of aliphatic carboxylic acids is 1. The van der Waals surface area contributed by atoms with E-state index in [1.165, 1.54) is 13.8 Å². The summed E-state index contributed by atoms with van der Waals surface area (Å²) >= 11 is 0.878. The highest BCUT2D eigenvalue weighted by Gasteiger charge is 2.35. The average Bonchev–Trinajstić information content (AvgIpc) is 1.83. The van der Waals surface area contributed by atoms with Crippen molar-refractivity contribution in [3.8, 4) is 0 Å². The SMILES string of the molecule is CC(C)(C)C(=O)SC(C)(C)C(=O)O. The van der Waals surface area contributed by atoms with E-state index in [0.29, 0.717) is 0 Å². The Balaban J connectivity index is 4.47. The van der Waals surface area contributed by atoms with Crippen LogP contribution in [0.3, 0.4) is 0 Å². The van der Waals surface area contributed by atoms with E-state index < -0.39 is 16.1 Å². The Bertz CT molecular complexity index is 226. The molecule has 0 aromatic carbocycles. The lowest BCUT2D eigenvalue weighted by Crippen LogP contribution is -2.32. The molecule has 0 heterocycles. The highest BCUT2D eigenvalue weighted by atomic mass is 32.2. The van der Waals surface area contributed by atoms with Crippen LogP contribution in [-0.4, -0.2) is 20.9 Å². The number of hydrogen-bond acceptors (Lipinski definition) is 3. The van der Waals surface area contributed by atoms with Crippen molar-refractivity contribution in [3.05, 3.63) is 0 Å². The second-order valence-electron chi connectivity index (χ2n) is 4.45. The van der Waals surface area contributed by atoms with Crippen LogP contribution in [0, 0.1) is 5.41 Å². The molecule has 13 heavy (non-hydrogen) atoms. The third-order valence-electron chi connectivity index (χ3n) is 1.48. The van der Waals surface area contributed by atoms with Crippen molar-refractivity contribution in [1.29, 1.82) is 0 Å². The fourth-order valence-electron chi connectivity index (χ4n) is 0.428. The quantitative estimate of drug-likeness (QED) is 0.748. The van der Waals surface area contributed by atoms with Gasteiger partial charge in [0.25, 0.3) is 0 Å². The number of thioether (sulfide) groups is 1. The minimum Gasteiger partial charge on any atom is -0.480 e. The number of rotatable bonds is 2. The molecule has 0 unspecified atom stereocenters. The van der Waals surface area contributed by atoms with Gasteiger partial charge in [0, 0.05) is 5.41 Å². The van der Waals surface area contributed by atoms with E-state index in [9.17, 15) is 9.59 Å². The second-order valence-corrected chi connectivity index (χ2v) is 6.05. The zero-order valence-corrected chi connectivity index (χ0v) is 9.49. The van der Waals surface area contributed by atoms with Crippen molar-refractivity contribution in [2.24, 2.45) is 5.41 Å². The fourth-order valence-corrected chi connectivity index (χ4v) is 1.29. The highest BCUT2D eigenvalue weighted by Crippen LogP contribution is 2.32. The third-order valence-corrected chi connectivity index (χ3v) is 2.96. The molecule has 0 rings (SSSR count). The number of carbonyl (C=O) groups excluding carboxylic acids is 1. The number of hydrogen-bond donors (Lipinski definition) is 1. The van der Waals surface area contributed by atoms with Gasteiger partial charge in [0.2, 0.25) is 0 Å². The Morgan fingerprint density at radius 3 is 1.69 bits per heavy atom. The van der Waals surface area contributed by atoms with Crippen molar-refractivity contribution in [1.82, 2.24) is 0 Å². The molecular weight excluding hydrogens is 188 g/mol. The van der Waals surface area contributed by atoms with Gasteiger partial charge in [0.1, 0.15) is 4.75 Å². The van der Waals surface area contributed by atoms with Crippen LogP contribution in [0.2, 0.25) is 0 Å². The van der Waals surface area contributed by atoms with Gasteiger partial charge in [-0.25, -0.2) is 0 Å². The summed E-state index contributed by atoms with van der Waals surface area (Å²) in [6, 6.07) is 0. The second kappa shape index (κ2) is 3.70. The van der Waals surface area contributed by atoms with Gasteiger partial charge in [0.15, 0.2) is 5.12 Å². The predicted octanol–water partition coefficient (Wildman–Crippen LogP) is 2.16. The van der Waals surface area contributed by atoms with Crippen LogP contribution in [-0.2, 0) is 9.59 Å². The fraction of sp³-hybridized carbons (Fsp3) is 0.778. The molecule has 0 spiro atoms. The zero-order chi connectivity index (χ0) is 10.9. The van der Waals surface area contributed by atoms with Gasteiger partial charge in [-0.3, -0.25) is 9.59 Å². The first-order valence-corrected chi connectivity index (χ1v) is 4.86. The molecule has 0 saturated heterocycles. The topological polar surface area (TPSA) is 54.4 Å². The molecule has 0 aliphatic carbocycles. The largest absolute Gasteiger partial charge is 0.480 e. The molecule has 76 valence electrons. The molecule has 0 atom stereocenters. The molecule has 0 radical (unpaired) electrons. The maximum absolute atomic E-state index is 11.5. The lowest BCUT2D eigenvalue weighted by atomic mass is 9.99. The summed E-state index contributed by atoms with van der Waals surface area (Å²) < 4.78 is -1.04. The van der Waals surface area contributed by atoms with Gasteiger partial charge >= 0.3 is 5.97 Å². The number of carboxylic acid groups (broad SMARTS) is 1. The van der Waals surface area contributed by atoms with E-state index in [2.05, 4.69) is 0 Å². The van der Waals surface area contributed by atoms with E-state index in [4.69, 9.17) is 5.11 Å². The van der Waals surface area contributed by atoms with Gasteiger partial charge in [-0.15, -0.1) is 0 Å². The average molecular weight is 204 g/mol. The normalized spacial score (nSPS) is 12.7. The first-order chi connectivity index (χ1) is 5.57. The molecule has 1 N–H and O–H groups in total. The van der Waals surface area contributed by atoms with Crippen LogP contribution < -0.4 is 0 Å². The molecule has 0 aliphatic rings. The lowest BCUT2D eigenvalue weighted by molar-refractivity contribution is -0.139. The van der Waals surface area contributed by atoms with Gasteiger partial charge in [-0.1, -0.05) is 32.5 Å². The van der Waals surface area contributed by atoms with E-state index in [1.54, 1.807) is 20.8 Å². The molecule has 0 aromatic heterocycles. The molecule has 0 aliphatic heterocycles. The summed E-state index contributed by atoms with van der Waals surface area (Å²) in [5.41, 5.74) is -0.489. The smallest absolute Gasteiger partial charge is 0.319 e. The van der Waals surface area contributed by atoms with Gasteiger partial charge in [0.05, 0.1) is 0 Å². The molecular formula is C9H16O3S. The molecule has 0 saturated carbocycles. The third kappa shape index (κ3) is 3.81. The molecule has 0 fully saturated rings. The first kappa shape index (κ1) is 12.5. The molecule has 4 heteroatoms. The van der Waals surface area contributed by atoms with Gasteiger partial charge in [-0.05, 0) is 13.8 Å². The Kier molecular flexibility index (Phi) is 3.55. The zero-order valence-electron chi connectivity index (χ0n) is 8.67. The first-order valence-electron chi connectivity index (χ1n) is 4.04. The maximum atomic E-state index is 11.5. The van der Waals surface area contributed by atoms with E-state index >= 15 is 0 Å². The summed E-state index contributed by atoms with van der Waals surface area (Å²) in [5, 5.41) is 8.69.